The molecule has 3 nitrogen and oxygen atoms in total. The predicted molar refractivity (Wildman–Crippen MR) is 106 cm³/mol. The molecule has 1 N–H and O–H groups in total. The van der Waals surface area contributed by atoms with Gasteiger partial charge in [0.2, 0.25) is 0 Å². The van der Waals surface area contributed by atoms with Gasteiger partial charge in [0.15, 0.2) is 6.61 Å². The first kappa shape index (κ1) is 18.0. The van der Waals surface area contributed by atoms with E-state index in [1.54, 1.807) is 0 Å². The van der Waals surface area contributed by atoms with Crippen molar-refractivity contribution < 1.29 is 9.53 Å². The summed E-state index contributed by atoms with van der Waals surface area (Å²) in [5.74, 6) is 0.627. The molecule has 0 aliphatic carbocycles. The lowest BCUT2D eigenvalue weighted by Gasteiger charge is -2.12. The summed E-state index contributed by atoms with van der Waals surface area (Å²) in [5.41, 5.74) is 3.75. The highest BCUT2D eigenvalue weighted by molar-refractivity contribution is 5.88. The predicted octanol–water partition coefficient (Wildman–Crippen LogP) is 4.66. The van der Waals surface area contributed by atoms with Gasteiger partial charge in [0.25, 0.3) is 5.91 Å². The van der Waals surface area contributed by atoms with Gasteiger partial charge in [-0.15, -0.1) is 0 Å². The summed E-state index contributed by atoms with van der Waals surface area (Å²) in [7, 11) is 0. The molecule has 3 rings (SSSR count). The van der Waals surface area contributed by atoms with E-state index in [2.05, 4.69) is 37.4 Å². The van der Waals surface area contributed by atoms with E-state index < -0.39 is 0 Å². The Balaban J connectivity index is 1.61. The highest BCUT2D eigenvalue weighted by Gasteiger charge is 2.08. The molecule has 0 aromatic heterocycles. The number of hydrogen-bond acceptors (Lipinski definition) is 2. The maximum absolute atomic E-state index is 12.2. The summed E-state index contributed by atoms with van der Waals surface area (Å²) >= 11 is 0. The summed E-state index contributed by atoms with van der Waals surface area (Å²) in [4.78, 5) is 12.2. The molecule has 0 saturated heterocycles. The van der Waals surface area contributed by atoms with Gasteiger partial charge >= 0.3 is 0 Å². The SMILES string of the molecule is CCc1ccc(CC)c(CNC(=O)COc2cccc3ccccc23)c1. The van der Waals surface area contributed by atoms with Crippen LogP contribution in [0.4, 0.5) is 0 Å². The molecule has 1 amide bonds. The van der Waals surface area contributed by atoms with Gasteiger partial charge in [-0.3, -0.25) is 4.79 Å². The summed E-state index contributed by atoms with van der Waals surface area (Å²) < 4.78 is 5.76. The van der Waals surface area contributed by atoms with Gasteiger partial charge in [0.05, 0.1) is 0 Å². The summed E-state index contributed by atoms with van der Waals surface area (Å²) in [6.45, 7) is 4.83. The molecule has 0 spiro atoms. The maximum atomic E-state index is 12.2. The van der Waals surface area contributed by atoms with Crippen molar-refractivity contribution in [2.45, 2.75) is 33.2 Å². The van der Waals surface area contributed by atoms with E-state index in [0.29, 0.717) is 6.54 Å². The average Bonchev–Trinajstić information content (AvgIpc) is 2.70. The molecule has 0 radical (unpaired) electrons. The van der Waals surface area contributed by atoms with Crippen LogP contribution in [-0.4, -0.2) is 12.5 Å². The molecule has 3 heteroatoms. The molecule has 26 heavy (non-hydrogen) atoms. The summed E-state index contributed by atoms with van der Waals surface area (Å²) in [6.07, 6.45) is 1.96. The van der Waals surface area contributed by atoms with Crippen LogP contribution in [0.25, 0.3) is 10.8 Å². The number of benzene rings is 3. The minimum absolute atomic E-state index is 0.0168. The number of rotatable bonds is 7. The lowest BCUT2D eigenvalue weighted by atomic mass is 10.0. The van der Waals surface area contributed by atoms with E-state index in [-0.39, 0.29) is 12.5 Å². The molecule has 134 valence electrons. The van der Waals surface area contributed by atoms with Crippen molar-refractivity contribution in [3.05, 3.63) is 77.4 Å². The lowest BCUT2D eigenvalue weighted by molar-refractivity contribution is -0.123. The molecule has 0 fully saturated rings. The minimum Gasteiger partial charge on any atom is -0.483 e. The Labute approximate surface area is 155 Å². The summed E-state index contributed by atoms with van der Waals surface area (Å²) in [5, 5.41) is 5.11. The van der Waals surface area contributed by atoms with E-state index in [4.69, 9.17) is 4.74 Å². The van der Waals surface area contributed by atoms with Crippen molar-refractivity contribution in [3.8, 4) is 5.75 Å². The molecule has 0 unspecified atom stereocenters. The number of ether oxygens (including phenoxy) is 1. The third kappa shape index (κ3) is 4.23. The van der Waals surface area contributed by atoms with E-state index in [1.807, 2.05) is 42.5 Å². The number of nitrogens with one attached hydrogen (secondary N) is 1. The quantitative estimate of drug-likeness (QED) is 0.675. The van der Waals surface area contributed by atoms with Gasteiger partial charge in [-0.25, -0.2) is 0 Å². The van der Waals surface area contributed by atoms with Crippen LogP contribution in [0.1, 0.15) is 30.5 Å². The van der Waals surface area contributed by atoms with Crippen LogP contribution in [0, 0.1) is 0 Å². The number of carbonyl (C=O) groups is 1. The fraction of sp³-hybridized carbons (Fsp3) is 0.261. The van der Waals surface area contributed by atoms with Crippen LogP contribution in [0.5, 0.6) is 5.75 Å². The Kier molecular flexibility index (Phi) is 5.90. The van der Waals surface area contributed by atoms with Crippen molar-refractivity contribution in [3.63, 3.8) is 0 Å². The van der Waals surface area contributed by atoms with Gasteiger partial charge in [-0.1, -0.05) is 68.4 Å². The fourth-order valence-corrected chi connectivity index (χ4v) is 3.12. The zero-order valence-electron chi connectivity index (χ0n) is 15.4. The standard InChI is InChI=1S/C23H25NO2/c1-3-17-12-13-18(4-2)20(14-17)15-24-23(25)16-26-22-11-7-9-19-8-5-6-10-21(19)22/h5-14H,3-4,15-16H2,1-2H3,(H,24,25). The van der Waals surface area contributed by atoms with E-state index in [1.165, 1.54) is 16.7 Å². The average molecular weight is 347 g/mol. The maximum Gasteiger partial charge on any atom is 0.258 e. The first-order valence-electron chi connectivity index (χ1n) is 9.19. The van der Waals surface area contributed by atoms with Crippen LogP contribution in [0.2, 0.25) is 0 Å². The zero-order chi connectivity index (χ0) is 18.4. The van der Waals surface area contributed by atoms with Crippen molar-refractivity contribution in [2.24, 2.45) is 0 Å². The van der Waals surface area contributed by atoms with Gasteiger partial charge in [-0.05, 0) is 41.0 Å². The molecule has 0 aliphatic heterocycles. The van der Waals surface area contributed by atoms with Crippen molar-refractivity contribution >= 4 is 16.7 Å². The Bertz CT molecular complexity index is 896. The Morgan fingerprint density at radius 3 is 2.54 bits per heavy atom. The molecule has 0 aliphatic rings. The normalized spacial score (nSPS) is 10.7. The van der Waals surface area contributed by atoms with Gasteiger partial charge in [0, 0.05) is 11.9 Å². The highest BCUT2D eigenvalue weighted by Crippen LogP contribution is 2.25. The van der Waals surface area contributed by atoms with Crippen LogP contribution in [0.3, 0.4) is 0 Å². The molecular formula is C23H25NO2. The molecule has 3 aromatic rings. The minimum atomic E-state index is -0.109. The number of hydrogen-bond donors (Lipinski definition) is 1. The molecular weight excluding hydrogens is 322 g/mol. The van der Waals surface area contributed by atoms with Gasteiger partial charge in [0.1, 0.15) is 5.75 Å². The van der Waals surface area contributed by atoms with Crippen molar-refractivity contribution in [1.82, 2.24) is 5.32 Å². The first-order chi connectivity index (χ1) is 12.7. The molecule has 3 aromatic carbocycles. The van der Waals surface area contributed by atoms with E-state index >= 15 is 0 Å². The van der Waals surface area contributed by atoms with E-state index in [9.17, 15) is 4.79 Å². The lowest BCUT2D eigenvalue weighted by Crippen LogP contribution is -2.28. The largest absolute Gasteiger partial charge is 0.483 e. The second-order valence-electron chi connectivity index (χ2n) is 6.35. The van der Waals surface area contributed by atoms with Crippen LogP contribution >= 0.6 is 0 Å². The number of aryl methyl sites for hydroxylation is 2. The number of amides is 1. The third-order valence-corrected chi connectivity index (χ3v) is 4.64. The van der Waals surface area contributed by atoms with Crippen molar-refractivity contribution in [1.29, 1.82) is 0 Å². The molecule has 0 atom stereocenters. The van der Waals surface area contributed by atoms with Crippen LogP contribution < -0.4 is 10.1 Å². The summed E-state index contributed by atoms with van der Waals surface area (Å²) in [6, 6.07) is 20.4. The first-order valence-corrected chi connectivity index (χ1v) is 9.19. The number of fused-ring (bicyclic) bond motifs is 1. The smallest absolute Gasteiger partial charge is 0.258 e. The van der Waals surface area contributed by atoms with Gasteiger partial charge in [-0.2, -0.15) is 0 Å². The second-order valence-corrected chi connectivity index (χ2v) is 6.35. The zero-order valence-corrected chi connectivity index (χ0v) is 15.4. The number of carbonyl (C=O) groups excluding carboxylic acids is 1. The Hall–Kier alpha value is -2.81. The van der Waals surface area contributed by atoms with Crippen molar-refractivity contribution in [2.75, 3.05) is 6.61 Å². The highest BCUT2D eigenvalue weighted by atomic mass is 16.5. The topological polar surface area (TPSA) is 38.3 Å². The second kappa shape index (κ2) is 8.52. The fourth-order valence-electron chi connectivity index (χ4n) is 3.12. The van der Waals surface area contributed by atoms with Crippen LogP contribution in [0.15, 0.2) is 60.7 Å². The Morgan fingerprint density at radius 1 is 0.923 bits per heavy atom. The van der Waals surface area contributed by atoms with E-state index in [0.717, 1.165) is 29.4 Å². The third-order valence-electron chi connectivity index (χ3n) is 4.64. The molecule has 0 bridgehead atoms. The van der Waals surface area contributed by atoms with Gasteiger partial charge < -0.3 is 10.1 Å². The van der Waals surface area contributed by atoms with Crippen LogP contribution in [-0.2, 0) is 24.2 Å². The molecule has 0 saturated carbocycles. The monoisotopic (exact) mass is 347 g/mol. The molecule has 0 heterocycles. The Morgan fingerprint density at radius 2 is 1.73 bits per heavy atom.